The average molecular weight is 582 g/mol. The molecule has 43 heavy (non-hydrogen) atoms. The Hall–Kier alpha value is -3.19. The number of piperidine rings is 2. The van der Waals surface area contributed by atoms with E-state index in [1.807, 2.05) is 25.7 Å². The van der Waals surface area contributed by atoms with Gasteiger partial charge in [0.2, 0.25) is 11.8 Å². The van der Waals surface area contributed by atoms with Gasteiger partial charge in [-0.15, -0.1) is 0 Å². The van der Waals surface area contributed by atoms with Crippen molar-refractivity contribution in [2.45, 2.75) is 108 Å². The fourth-order valence-corrected chi connectivity index (χ4v) is 9.31. The van der Waals surface area contributed by atoms with Crippen LogP contribution in [0.1, 0.15) is 89.6 Å². The van der Waals surface area contributed by atoms with Crippen molar-refractivity contribution in [2.75, 3.05) is 19.6 Å². The molecule has 7 heteroatoms. The highest BCUT2D eigenvalue weighted by atomic mass is 16.2. The minimum absolute atomic E-state index is 0.0196. The zero-order chi connectivity index (χ0) is 30.0. The van der Waals surface area contributed by atoms with E-state index < -0.39 is 11.0 Å². The van der Waals surface area contributed by atoms with Crippen LogP contribution in [0.15, 0.2) is 54.6 Å². The van der Waals surface area contributed by atoms with Crippen molar-refractivity contribution in [3.63, 3.8) is 0 Å². The van der Waals surface area contributed by atoms with Crippen LogP contribution in [0.4, 0.5) is 0 Å². The van der Waals surface area contributed by atoms with E-state index in [0.29, 0.717) is 24.5 Å². The van der Waals surface area contributed by atoms with Gasteiger partial charge in [0.1, 0.15) is 11.4 Å². The number of aryl methyl sites for hydroxylation is 1. The summed E-state index contributed by atoms with van der Waals surface area (Å²) in [4.78, 5) is 36.0. The molecule has 0 saturated carbocycles. The molecule has 5 heterocycles. The number of nitrogens with one attached hydrogen (secondary N) is 1. The van der Waals surface area contributed by atoms with Gasteiger partial charge < -0.3 is 14.8 Å². The molecular weight excluding hydrogens is 534 g/mol. The van der Waals surface area contributed by atoms with Gasteiger partial charge in [-0.1, -0.05) is 56.3 Å². The van der Waals surface area contributed by atoms with E-state index in [0.717, 1.165) is 50.2 Å². The highest BCUT2D eigenvalue weighted by Crippen LogP contribution is 2.45. The summed E-state index contributed by atoms with van der Waals surface area (Å²) in [5.74, 6) is 1.20. The average Bonchev–Trinajstić information content (AvgIpc) is 3.54. The number of amides is 2. The SMILES string of the molecule is Cc1nc2ccccc2n1C1CC2CCC(C1)N2CCC1(c2ccccc2)CCN(C(=O)C2(C)CC(C)(C)C(=O)N2)CC1. The Morgan fingerprint density at radius 3 is 2.23 bits per heavy atom. The Labute approximate surface area is 256 Å². The van der Waals surface area contributed by atoms with Gasteiger partial charge in [-0.3, -0.25) is 14.5 Å². The van der Waals surface area contributed by atoms with E-state index >= 15 is 0 Å². The van der Waals surface area contributed by atoms with E-state index in [9.17, 15) is 9.59 Å². The molecule has 2 aromatic carbocycles. The first-order valence-electron chi connectivity index (χ1n) is 16.5. The lowest BCUT2D eigenvalue weighted by atomic mass is 9.70. The maximum Gasteiger partial charge on any atom is 0.248 e. The van der Waals surface area contributed by atoms with Crippen LogP contribution in [0.5, 0.6) is 0 Å². The molecule has 7 nitrogen and oxygen atoms in total. The van der Waals surface area contributed by atoms with Crippen LogP contribution in [0, 0.1) is 12.3 Å². The van der Waals surface area contributed by atoms with Crippen molar-refractivity contribution in [1.82, 2.24) is 24.7 Å². The van der Waals surface area contributed by atoms with Gasteiger partial charge in [0.25, 0.3) is 0 Å². The highest BCUT2D eigenvalue weighted by molar-refractivity contribution is 5.96. The number of carbonyl (C=O) groups excluding carboxylic acids is 2. The maximum absolute atomic E-state index is 13.7. The van der Waals surface area contributed by atoms with Crippen LogP contribution < -0.4 is 5.32 Å². The monoisotopic (exact) mass is 581 g/mol. The minimum atomic E-state index is -0.810. The number of fused-ring (bicyclic) bond motifs is 3. The van der Waals surface area contributed by atoms with Crippen LogP contribution in [0.2, 0.25) is 0 Å². The molecule has 228 valence electrons. The summed E-state index contributed by atoms with van der Waals surface area (Å²) in [5.41, 5.74) is 2.53. The molecule has 0 radical (unpaired) electrons. The molecule has 4 aliphatic heterocycles. The predicted octanol–water partition coefficient (Wildman–Crippen LogP) is 5.77. The largest absolute Gasteiger partial charge is 0.341 e. The summed E-state index contributed by atoms with van der Waals surface area (Å²) in [6, 6.07) is 21.4. The molecule has 1 aromatic heterocycles. The lowest BCUT2D eigenvalue weighted by Crippen LogP contribution is -2.57. The van der Waals surface area contributed by atoms with Crippen molar-refractivity contribution in [3.05, 3.63) is 66.0 Å². The molecule has 3 unspecified atom stereocenters. The zero-order valence-corrected chi connectivity index (χ0v) is 26.3. The normalized spacial score (nSPS) is 30.1. The topological polar surface area (TPSA) is 70.5 Å². The number of rotatable bonds is 6. The predicted molar refractivity (Wildman–Crippen MR) is 170 cm³/mol. The summed E-state index contributed by atoms with van der Waals surface area (Å²) in [5, 5.41) is 3.04. The van der Waals surface area contributed by atoms with Crippen LogP contribution in [-0.4, -0.2) is 68.4 Å². The number of likely N-dealkylation sites (tertiary alicyclic amines) is 1. The number of para-hydroxylation sites is 2. The fourth-order valence-electron chi connectivity index (χ4n) is 9.31. The standard InChI is InChI=1S/C36H47N5O2/c1-25-37-30-12-8-9-13-31(30)41(25)29-22-27-14-15-28(23-29)40(27)21-18-36(26-10-6-5-7-11-26)16-19-39(20-17-36)33(43)35(4)24-34(2,3)32(42)38-35/h5-13,27-29H,14-24H2,1-4H3,(H,38,42). The molecule has 3 atom stereocenters. The summed E-state index contributed by atoms with van der Waals surface area (Å²) in [6.07, 6.45) is 8.54. The van der Waals surface area contributed by atoms with E-state index in [-0.39, 0.29) is 17.2 Å². The van der Waals surface area contributed by atoms with Gasteiger partial charge in [-0.2, -0.15) is 0 Å². The summed E-state index contributed by atoms with van der Waals surface area (Å²) >= 11 is 0. The molecule has 4 fully saturated rings. The minimum Gasteiger partial charge on any atom is -0.341 e. The second kappa shape index (κ2) is 10.5. The van der Waals surface area contributed by atoms with Gasteiger partial charge in [0.05, 0.1) is 11.0 Å². The summed E-state index contributed by atoms with van der Waals surface area (Å²) in [6.45, 7) is 10.5. The van der Waals surface area contributed by atoms with Crippen molar-refractivity contribution in [1.29, 1.82) is 0 Å². The Morgan fingerprint density at radius 2 is 1.58 bits per heavy atom. The third kappa shape index (κ3) is 4.88. The third-order valence-electron chi connectivity index (χ3n) is 11.5. The molecule has 2 amide bonds. The van der Waals surface area contributed by atoms with Gasteiger partial charge in [-0.05, 0) is 94.9 Å². The van der Waals surface area contributed by atoms with Crippen LogP contribution in [0.3, 0.4) is 0 Å². The number of benzene rings is 2. The number of hydrogen-bond acceptors (Lipinski definition) is 4. The zero-order valence-electron chi connectivity index (χ0n) is 26.3. The Balaban J connectivity index is 1.05. The number of nitrogens with zero attached hydrogens (tertiary/aromatic N) is 4. The quantitative estimate of drug-likeness (QED) is 0.402. The highest BCUT2D eigenvalue weighted by Gasteiger charge is 2.52. The van der Waals surface area contributed by atoms with Crippen molar-refractivity contribution in [3.8, 4) is 0 Å². The molecule has 7 rings (SSSR count). The first kappa shape index (κ1) is 28.6. The number of carbonyl (C=O) groups is 2. The van der Waals surface area contributed by atoms with E-state index in [4.69, 9.17) is 4.98 Å². The van der Waals surface area contributed by atoms with E-state index in [1.54, 1.807) is 0 Å². The Kier molecular flexibility index (Phi) is 6.95. The Bertz CT molecular complexity index is 1510. The van der Waals surface area contributed by atoms with E-state index in [2.05, 4.69) is 76.3 Å². The van der Waals surface area contributed by atoms with E-state index in [1.165, 1.54) is 36.8 Å². The van der Waals surface area contributed by atoms with Gasteiger partial charge in [-0.25, -0.2) is 4.98 Å². The first-order valence-corrected chi connectivity index (χ1v) is 16.5. The molecule has 4 saturated heterocycles. The second-order valence-electron chi connectivity index (χ2n) is 14.8. The van der Waals surface area contributed by atoms with Crippen molar-refractivity contribution < 1.29 is 9.59 Å². The van der Waals surface area contributed by atoms with Crippen LogP contribution >= 0.6 is 0 Å². The van der Waals surface area contributed by atoms with Crippen molar-refractivity contribution in [2.24, 2.45) is 5.41 Å². The summed E-state index contributed by atoms with van der Waals surface area (Å²) in [7, 11) is 0. The molecular formula is C36H47N5O2. The molecule has 2 bridgehead atoms. The van der Waals surface area contributed by atoms with Crippen LogP contribution in [-0.2, 0) is 15.0 Å². The van der Waals surface area contributed by atoms with Crippen LogP contribution in [0.25, 0.3) is 11.0 Å². The lowest BCUT2D eigenvalue weighted by molar-refractivity contribution is -0.140. The smallest absolute Gasteiger partial charge is 0.248 e. The summed E-state index contributed by atoms with van der Waals surface area (Å²) < 4.78 is 2.52. The lowest BCUT2D eigenvalue weighted by Gasteiger charge is -2.46. The number of imidazole rings is 1. The maximum atomic E-state index is 13.7. The van der Waals surface area contributed by atoms with Crippen molar-refractivity contribution >= 4 is 22.8 Å². The first-order chi connectivity index (χ1) is 20.6. The van der Waals surface area contributed by atoms with Gasteiger partial charge in [0.15, 0.2) is 0 Å². The number of aromatic nitrogens is 2. The third-order valence-corrected chi connectivity index (χ3v) is 11.5. The van der Waals surface area contributed by atoms with Gasteiger partial charge >= 0.3 is 0 Å². The number of hydrogen-bond donors (Lipinski definition) is 1. The Morgan fingerprint density at radius 1 is 0.930 bits per heavy atom. The fraction of sp³-hybridized carbons (Fsp3) is 0.583. The molecule has 1 N–H and O–H groups in total. The van der Waals surface area contributed by atoms with Gasteiger partial charge in [0, 0.05) is 36.6 Å². The molecule has 0 spiro atoms. The molecule has 0 aliphatic carbocycles. The molecule has 3 aromatic rings. The molecule has 4 aliphatic rings. The second-order valence-corrected chi connectivity index (χ2v) is 14.8.